The molecule has 1 aromatic carbocycles. The van der Waals surface area contributed by atoms with E-state index in [0.29, 0.717) is 16.3 Å². The minimum Gasteiger partial charge on any atom is -0.368 e. The Hall–Kier alpha value is -2.34. The number of anilines is 1. The van der Waals surface area contributed by atoms with Crippen LogP contribution in [0.3, 0.4) is 0 Å². The summed E-state index contributed by atoms with van der Waals surface area (Å²) in [6.07, 6.45) is 2.97. The van der Waals surface area contributed by atoms with Gasteiger partial charge in [0.15, 0.2) is 0 Å². The Morgan fingerprint density at radius 1 is 1.40 bits per heavy atom. The number of nitrogens with one attached hydrogen (secondary N) is 1. The van der Waals surface area contributed by atoms with E-state index in [9.17, 15) is 9.59 Å². The maximum atomic E-state index is 12.1. The fourth-order valence-electron chi connectivity index (χ4n) is 1.74. The number of amides is 2. The summed E-state index contributed by atoms with van der Waals surface area (Å²) in [7, 11) is 0. The second-order valence-corrected chi connectivity index (χ2v) is 4.80. The van der Waals surface area contributed by atoms with E-state index in [1.54, 1.807) is 18.2 Å². The molecule has 2 amide bonds. The number of primary amides is 1. The van der Waals surface area contributed by atoms with Gasteiger partial charge in [-0.2, -0.15) is 5.10 Å². The van der Waals surface area contributed by atoms with E-state index in [-0.39, 0.29) is 12.5 Å². The van der Waals surface area contributed by atoms with Crippen LogP contribution in [0.4, 0.5) is 5.69 Å². The number of carbonyl (C=O) groups excluding carboxylic acids is 2. The topological polar surface area (TPSA) is 90.0 Å². The van der Waals surface area contributed by atoms with Crippen molar-refractivity contribution in [2.45, 2.75) is 13.5 Å². The highest BCUT2D eigenvalue weighted by molar-refractivity contribution is 6.31. The van der Waals surface area contributed by atoms with Crippen LogP contribution in [0.1, 0.15) is 15.9 Å². The fourth-order valence-corrected chi connectivity index (χ4v) is 2.03. The van der Waals surface area contributed by atoms with Gasteiger partial charge in [-0.05, 0) is 30.7 Å². The van der Waals surface area contributed by atoms with Gasteiger partial charge in [-0.15, -0.1) is 0 Å². The summed E-state index contributed by atoms with van der Waals surface area (Å²) in [5, 5.41) is 7.09. The van der Waals surface area contributed by atoms with Gasteiger partial charge in [0.05, 0.1) is 11.9 Å². The summed E-state index contributed by atoms with van der Waals surface area (Å²) < 4.78 is 1.35. The predicted molar refractivity (Wildman–Crippen MR) is 75.6 cm³/mol. The van der Waals surface area contributed by atoms with Crippen molar-refractivity contribution in [3.05, 3.63) is 46.7 Å². The molecule has 1 aromatic heterocycles. The van der Waals surface area contributed by atoms with Gasteiger partial charge in [-0.25, -0.2) is 0 Å². The smallest absolute Gasteiger partial charge is 0.255 e. The number of nitrogens with two attached hydrogens (primary N) is 1. The first kappa shape index (κ1) is 14.1. The van der Waals surface area contributed by atoms with E-state index >= 15 is 0 Å². The Labute approximate surface area is 120 Å². The molecule has 2 rings (SSSR count). The maximum absolute atomic E-state index is 12.1. The number of benzene rings is 1. The van der Waals surface area contributed by atoms with E-state index in [4.69, 9.17) is 17.3 Å². The molecule has 0 aliphatic heterocycles. The summed E-state index contributed by atoms with van der Waals surface area (Å²) in [6, 6.07) is 5.08. The molecular formula is C13H13ClN4O2. The minimum atomic E-state index is -0.503. The molecule has 104 valence electrons. The molecule has 0 aliphatic carbocycles. The molecule has 1 heterocycles. The SMILES string of the molecule is Cc1cc(Cl)cc(C(=O)Nc2cnn(CC(N)=O)c2)c1. The van der Waals surface area contributed by atoms with Crippen molar-refractivity contribution >= 4 is 29.1 Å². The lowest BCUT2D eigenvalue weighted by atomic mass is 10.1. The number of hydrogen-bond acceptors (Lipinski definition) is 3. The summed E-state index contributed by atoms with van der Waals surface area (Å²) in [5.74, 6) is -0.800. The summed E-state index contributed by atoms with van der Waals surface area (Å²) in [4.78, 5) is 22.8. The molecule has 6 nitrogen and oxygen atoms in total. The number of aromatic nitrogens is 2. The van der Waals surface area contributed by atoms with Crippen molar-refractivity contribution in [1.82, 2.24) is 9.78 Å². The monoisotopic (exact) mass is 292 g/mol. The van der Waals surface area contributed by atoms with E-state index in [0.717, 1.165) is 5.56 Å². The van der Waals surface area contributed by atoms with Gasteiger partial charge in [0.2, 0.25) is 5.91 Å². The second kappa shape index (κ2) is 5.75. The Balaban J connectivity index is 2.11. The molecule has 0 spiro atoms. The highest BCUT2D eigenvalue weighted by atomic mass is 35.5. The molecule has 0 aliphatic rings. The molecule has 3 N–H and O–H groups in total. The summed E-state index contributed by atoms with van der Waals surface area (Å²) in [5.41, 5.74) is 6.89. The first-order valence-corrected chi connectivity index (χ1v) is 6.21. The van der Waals surface area contributed by atoms with Crippen molar-refractivity contribution in [3.63, 3.8) is 0 Å². The molecular weight excluding hydrogens is 280 g/mol. The zero-order valence-corrected chi connectivity index (χ0v) is 11.5. The molecule has 0 atom stereocenters. The van der Waals surface area contributed by atoms with Crippen molar-refractivity contribution < 1.29 is 9.59 Å². The highest BCUT2D eigenvalue weighted by Gasteiger charge is 2.09. The minimum absolute atomic E-state index is 0.0356. The Morgan fingerprint density at radius 3 is 2.80 bits per heavy atom. The third-order valence-electron chi connectivity index (χ3n) is 2.51. The van der Waals surface area contributed by atoms with Gasteiger partial charge in [0.25, 0.3) is 5.91 Å². The van der Waals surface area contributed by atoms with E-state index < -0.39 is 5.91 Å². The van der Waals surface area contributed by atoms with Crippen LogP contribution in [0.25, 0.3) is 0 Å². The standard InChI is InChI=1S/C13H13ClN4O2/c1-8-2-9(4-10(14)3-8)13(20)17-11-5-16-18(6-11)7-12(15)19/h2-6H,7H2,1H3,(H2,15,19)(H,17,20). The fraction of sp³-hybridized carbons (Fsp3) is 0.154. The van der Waals surface area contributed by atoms with Crippen LogP contribution in [0.2, 0.25) is 5.02 Å². The molecule has 0 bridgehead atoms. The molecule has 0 saturated carbocycles. The first-order valence-electron chi connectivity index (χ1n) is 5.83. The van der Waals surface area contributed by atoms with Gasteiger partial charge in [0.1, 0.15) is 6.54 Å². The third-order valence-corrected chi connectivity index (χ3v) is 2.73. The molecule has 0 saturated heterocycles. The number of hydrogen-bond donors (Lipinski definition) is 2. The Morgan fingerprint density at radius 2 is 2.15 bits per heavy atom. The third kappa shape index (κ3) is 3.58. The average Bonchev–Trinajstić information content (AvgIpc) is 2.74. The number of halogens is 1. The highest BCUT2D eigenvalue weighted by Crippen LogP contribution is 2.16. The lowest BCUT2D eigenvalue weighted by Gasteiger charge is -2.04. The van der Waals surface area contributed by atoms with Crippen LogP contribution < -0.4 is 11.1 Å². The lowest BCUT2D eigenvalue weighted by molar-refractivity contribution is -0.118. The van der Waals surface area contributed by atoms with Gasteiger partial charge < -0.3 is 11.1 Å². The molecule has 0 radical (unpaired) electrons. The molecule has 20 heavy (non-hydrogen) atoms. The zero-order valence-electron chi connectivity index (χ0n) is 10.8. The van der Waals surface area contributed by atoms with E-state index in [1.165, 1.54) is 17.1 Å². The Kier molecular flexibility index (Phi) is 4.05. The Bertz CT molecular complexity index is 646. The number of rotatable bonds is 4. The normalized spacial score (nSPS) is 10.3. The molecule has 2 aromatic rings. The van der Waals surface area contributed by atoms with Crippen LogP contribution in [-0.4, -0.2) is 21.6 Å². The van der Waals surface area contributed by atoms with Crippen LogP contribution in [0.15, 0.2) is 30.6 Å². The molecule has 7 heteroatoms. The van der Waals surface area contributed by atoms with Crippen molar-refractivity contribution in [2.24, 2.45) is 5.73 Å². The van der Waals surface area contributed by atoms with Gasteiger partial charge in [-0.1, -0.05) is 11.6 Å². The summed E-state index contributed by atoms with van der Waals surface area (Å²) in [6.45, 7) is 1.82. The van der Waals surface area contributed by atoms with Crippen molar-refractivity contribution in [3.8, 4) is 0 Å². The molecule has 0 unspecified atom stereocenters. The zero-order chi connectivity index (χ0) is 14.7. The van der Waals surface area contributed by atoms with Gasteiger partial charge in [0, 0.05) is 16.8 Å². The summed E-state index contributed by atoms with van der Waals surface area (Å²) >= 11 is 5.91. The van der Waals surface area contributed by atoms with Crippen molar-refractivity contribution in [2.75, 3.05) is 5.32 Å². The maximum Gasteiger partial charge on any atom is 0.255 e. The van der Waals surface area contributed by atoms with E-state index in [2.05, 4.69) is 10.4 Å². The van der Waals surface area contributed by atoms with Crippen LogP contribution >= 0.6 is 11.6 Å². The van der Waals surface area contributed by atoms with Gasteiger partial charge in [-0.3, -0.25) is 14.3 Å². The van der Waals surface area contributed by atoms with Crippen LogP contribution in [0, 0.1) is 6.92 Å². The largest absolute Gasteiger partial charge is 0.368 e. The van der Waals surface area contributed by atoms with Crippen molar-refractivity contribution in [1.29, 1.82) is 0 Å². The number of aryl methyl sites for hydroxylation is 1. The predicted octanol–water partition coefficient (Wildman–Crippen LogP) is 1.58. The quantitative estimate of drug-likeness (QED) is 0.896. The second-order valence-electron chi connectivity index (χ2n) is 4.36. The van der Waals surface area contributed by atoms with E-state index in [1.807, 2.05) is 6.92 Å². The average molecular weight is 293 g/mol. The first-order chi connectivity index (χ1) is 9.44. The van der Waals surface area contributed by atoms with Gasteiger partial charge >= 0.3 is 0 Å². The lowest BCUT2D eigenvalue weighted by Crippen LogP contribution is -2.18. The van der Waals surface area contributed by atoms with Crippen LogP contribution in [-0.2, 0) is 11.3 Å². The molecule has 0 fully saturated rings. The number of nitrogens with zero attached hydrogens (tertiary/aromatic N) is 2. The van der Waals surface area contributed by atoms with Crippen LogP contribution in [0.5, 0.6) is 0 Å². The number of carbonyl (C=O) groups is 2.